The number of nitrogens with one attached hydrogen (secondary N) is 1. The second-order valence-electron chi connectivity index (χ2n) is 5.57. The van der Waals surface area contributed by atoms with Crippen LogP contribution in [0.5, 0.6) is 0 Å². The number of nitrogens with zero attached hydrogens (tertiary/aromatic N) is 1. The quantitative estimate of drug-likeness (QED) is 0.641. The van der Waals surface area contributed by atoms with Crippen LogP contribution >= 0.6 is 11.3 Å². The van der Waals surface area contributed by atoms with E-state index in [1.54, 1.807) is 0 Å². The standard InChI is InChI=1S/C17H15F3N2S/c1-9(2)10-3-5-11(6-4-10)21-8-14-22-16-15(20)12(18)7-13(19)17(16)23-14/h3-7,9,21H,8H2,1-2H3. The smallest absolute Gasteiger partial charge is 0.186 e. The largest absolute Gasteiger partial charge is 0.379 e. The molecule has 0 radical (unpaired) electrons. The summed E-state index contributed by atoms with van der Waals surface area (Å²) >= 11 is 1.02. The molecule has 1 heterocycles. The lowest BCUT2D eigenvalue weighted by molar-refractivity contribution is 0.504. The highest BCUT2D eigenvalue weighted by molar-refractivity contribution is 7.18. The van der Waals surface area contributed by atoms with Crippen LogP contribution in [-0.4, -0.2) is 4.98 Å². The lowest BCUT2D eigenvalue weighted by Gasteiger charge is -2.08. The van der Waals surface area contributed by atoms with Gasteiger partial charge in [-0.2, -0.15) is 0 Å². The van der Waals surface area contributed by atoms with Gasteiger partial charge < -0.3 is 5.32 Å². The number of rotatable bonds is 4. The third-order valence-corrected chi connectivity index (χ3v) is 4.64. The second-order valence-corrected chi connectivity index (χ2v) is 6.65. The Morgan fingerprint density at radius 3 is 2.43 bits per heavy atom. The fourth-order valence-electron chi connectivity index (χ4n) is 2.27. The number of fused-ring (bicyclic) bond motifs is 1. The summed E-state index contributed by atoms with van der Waals surface area (Å²) in [6.45, 7) is 4.55. The maximum absolute atomic E-state index is 13.7. The van der Waals surface area contributed by atoms with Crippen LogP contribution < -0.4 is 5.32 Å². The minimum Gasteiger partial charge on any atom is -0.379 e. The van der Waals surface area contributed by atoms with Gasteiger partial charge in [0.15, 0.2) is 11.6 Å². The molecule has 0 bridgehead atoms. The van der Waals surface area contributed by atoms with Crippen LogP contribution in [0.4, 0.5) is 18.9 Å². The number of benzene rings is 2. The maximum atomic E-state index is 13.7. The van der Waals surface area contributed by atoms with Crippen LogP contribution in [-0.2, 0) is 6.54 Å². The number of hydrogen-bond acceptors (Lipinski definition) is 3. The fraction of sp³-hybridized carbons (Fsp3) is 0.235. The zero-order valence-corrected chi connectivity index (χ0v) is 13.5. The van der Waals surface area contributed by atoms with Gasteiger partial charge >= 0.3 is 0 Å². The molecule has 23 heavy (non-hydrogen) atoms. The molecule has 2 aromatic carbocycles. The van der Waals surface area contributed by atoms with Crippen molar-refractivity contribution >= 4 is 27.2 Å². The van der Waals surface area contributed by atoms with Crippen molar-refractivity contribution in [3.8, 4) is 0 Å². The third kappa shape index (κ3) is 3.17. The minimum atomic E-state index is -1.22. The van der Waals surface area contributed by atoms with E-state index in [4.69, 9.17) is 0 Å². The first-order chi connectivity index (χ1) is 11.0. The zero-order valence-electron chi connectivity index (χ0n) is 12.7. The molecule has 3 aromatic rings. The molecule has 2 nitrogen and oxygen atoms in total. The molecule has 0 saturated carbocycles. The highest BCUT2D eigenvalue weighted by Crippen LogP contribution is 2.29. The number of anilines is 1. The molecule has 3 rings (SSSR count). The minimum absolute atomic E-state index is 0.0378. The van der Waals surface area contributed by atoms with Gasteiger partial charge in [-0.05, 0) is 23.6 Å². The predicted octanol–water partition coefficient (Wildman–Crippen LogP) is 5.45. The van der Waals surface area contributed by atoms with Crippen LogP contribution in [0.15, 0.2) is 30.3 Å². The maximum Gasteiger partial charge on any atom is 0.186 e. The van der Waals surface area contributed by atoms with Crippen molar-refractivity contribution < 1.29 is 13.2 Å². The molecular formula is C17H15F3N2S. The van der Waals surface area contributed by atoms with Crippen LogP contribution in [0, 0.1) is 17.5 Å². The van der Waals surface area contributed by atoms with Gasteiger partial charge in [-0.3, -0.25) is 0 Å². The molecular weight excluding hydrogens is 321 g/mol. The lowest BCUT2D eigenvalue weighted by Crippen LogP contribution is -1.99. The van der Waals surface area contributed by atoms with Crippen LogP contribution in [0.3, 0.4) is 0 Å². The normalized spacial score (nSPS) is 11.4. The van der Waals surface area contributed by atoms with Gasteiger partial charge in [0.2, 0.25) is 0 Å². The molecule has 0 aliphatic carbocycles. The lowest BCUT2D eigenvalue weighted by atomic mass is 10.0. The molecule has 0 atom stereocenters. The Balaban J connectivity index is 1.79. The molecule has 6 heteroatoms. The molecule has 0 aliphatic rings. The first-order valence-electron chi connectivity index (χ1n) is 7.22. The molecule has 120 valence electrons. The highest BCUT2D eigenvalue weighted by atomic mass is 32.1. The molecule has 0 spiro atoms. The van der Waals surface area contributed by atoms with Crippen LogP contribution in [0.2, 0.25) is 0 Å². The van der Waals surface area contributed by atoms with E-state index >= 15 is 0 Å². The summed E-state index contributed by atoms with van der Waals surface area (Å²) in [6.07, 6.45) is 0. The van der Waals surface area contributed by atoms with E-state index in [1.807, 2.05) is 24.3 Å². The summed E-state index contributed by atoms with van der Waals surface area (Å²) in [7, 11) is 0. The summed E-state index contributed by atoms with van der Waals surface area (Å²) in [5.74, 6) is -2.66. The Bertz CT molecular complexity index is 841. The van der Waals surface area contributed by atoms with Crippen LogP contribution in [0.25, 0.3) is 10.2 Å². The molecule has 1 aromatic heterocycles. The number of thiazole rings is 1. The monoisotopic (exact) mass is 336 g/mol. The van der Waals surface area contributed by atoms with Gasteiger partial charge in [-0.15, -0.1) is 11.3 Å². The van der Waals surface area contributed by atoms with Crippen molar-refractivity contribution in [2.24, 2.45) is 0 Å². The summed E-state index contributed by atoms with van der Waals surface area (Å²) < 4.78 is 40.6. The Hall–Kier alpha value is -2.08. The van der Waals surface area contributed by atoms with Crippen molar-refractivity contribution in [2.45, 2.75) is 26.3 Å². The Morgan fingerprint density at radius 1 is 1.09 bits per heavy atom. The molecule has 0 fully saturated rings. The fourth-order valence-corrected chi connectivity index (χ4v) is 3.17. The average Bonchev–Trinajstić information content (AvgIpc) is 2.96. The predicted molar refractivity (Wildman–Crippen MR) is 87.4 cm³/mol. The van der Waals surface area contributed by atoms with Gasteiger partial charge in [-0.25, -0.2) is 18.2 Å². The summed E-state index contributed by atoms with van der Waals surface area (Å²) in [4.78, 5) is 4.00. The number of hydrogen-bond donors (Lipinski definition) is 1. The van der Waals surface area contributed by atoms with Crippen molar-refractivity contribution in [3.05, 3.63) is 58.4 Å². The third-order valence-electron chi connectivity index (χ3n) is 3.58. The second kappa shape index (κ2) is 6.20. The van der Waals surface area contributed by atoms with E-state index in [2.05, 4.69) is 24.1 Å². The number of halogens is 3. The highest BCUT2D eigenvalue weighted by Gasteiger charge is 2.17. The van der Waals surface area contributed by atoms with Crippen molar-refractivity contribution in [1.82, 2.24) is 4.98 Å². The van der Waals surface area contributed by atoms with Gasteiger partial charge in [0.25, 0.3) is 0 Å². The summed E-state index contributed by atoms with van der Waals surface area (Å²) in [5.41, 5.74) is 1.87. The summed E-state index contributed by atoms with van der Waals surface area (Å²) in [5, 5.41) is 3.65. The first kappa shape index (κ1) is 15.8. The zero-order chi connectivity index (χ0) is 16.6. The topological polar surface area (TPSA) is 24.9 Å². The SMILES string of the molecule is CC(C)c1ccc(NCc2nc3c(F)c(F)cc(F)c3s2)cc1. The summed E-state index contributed by atoms with van der Waals surface area (Å²) in [6, 6.07) is 8.50. The Morgan fingerprint density at radius 2 is 1.78 bits per heavy atom. The van der Waals surface area contributed by atoms with Gasteiger partial charge in [0, 0.05) is 11.8 Å². The first-order valence-corrected chi connectivity index (χ1v) is 8.04. The van der Waals surface area contributed by atoms with Crippen molar-refractivity contribution in [1.29, 1.82) is 0 Å². The molecule has 0 saturated heterocycles. The molecule has 1 N–H and O–H groups in total. The van der Waals surface area contributed by atoms with E-state index in [-0.39, 0.29) is 10.2 Å². The Labute approximate surface area is 136 Å². The molecule has 0 unspecified atom stereocenters. The van der Waals surface area contributed by atoms with E-state index in [0.717, 1.165) is 17.0 Å². The molecule has 0 amide bonds. The Kier molecular flexibility index (Phi) is 4.26. The van der Waals surface area contributed by atoms with Crippen LogP contribution in [0.1, 0.15) is 30.3 Å². The average molecular weight is 336 g/mol. The van der Waals surface area contributed by atoms with Gasteiger partial charge in [0.05, 0.1) is 11.2 Å². The molecule has 0 aliphatic heterocycles. The number of aromatic nitrogens is 1. The van der Waals surface area contributed by atoms with Gasteiger partial charge in [0.1, 0.15) is 16.3 Å². The van der Waals surface area contributed by atoms with E-state index in [0.29, 0.717) is 23.5 Å². The van der Waals surface area contributed by atoms with Crippen molar-refractivity contribution in [2.75, 3.05) is 5.32 Å². The van der Waals surface area contributed by atoms with Gasteiger partial charge in [-0.1, -0.05) is 26.0 Å². The van der Waals surface area contributed by atoms with E-state index < -0.39 is 17.5 Å². The van der Waals surface area contributed by atoms with E-state index in [9.17, 15) is 13.2 Å². The van der Waals surface area contributed by atoms with E-state index in [1.165, 1.54) is 5.56 Å². The van der Waals surface area contributed by atoms with Crippen molar-refractivity contribution in [3.63, 3.8) is 0 Å².